The maximum absolute atomic E-state index is 3.71. The summed E-state index contributed by atoms with van der Waals surface area (Å²) in [6.45, 7) is 11.9. The highest BCUT2D eigenvalue weighted by Gasteiger charge is 2.10. The molecule has 0 saturated carbocycles. The van der Waals surface area contributed by atoms with Crippen LogP contribution in [0.4, 0.5) is 5.69 Å². The smallest absolute Gasteiger partial charge is 0.0510 e. The summed E-state index contributed by atoms with van der Waals surface area (Å²) in [6, 6.07) is 7.10. The van der Waals surface area contributed by atoms with Crippen molar-refractivity contribution in [3.05, 3.63) is 28.2 Å². The van der Waals surface area contributed by atoms with Crippen molar-refractivity contribution in [1.29, 1.82) is 0 Å². The van der Waals surface area contributed by atoms with Crippen molar-refractivity contribution < 1.29 is 0 Å². The number of anilines is 1. The van der Waals surface area contributed by atoms with Gasteiger partial charge in [0.25, 0.3) is 0 Å². The molecule has 2 nitrogen and oxygen atoms in total. The van der Waals surface area contributed by atoms with Gasteiger partial charge in [0.15, 0.2) is 0 Å². The van der Waals surface area contributed by atoms with Crippen molar-refractivity contribution in [2.45, 2.75) is 40.2 Å². The molecule has 0 fully saturated rings. The van der Waals surface area contributed by atoms with Crippen LogP contribution in [0.1, 0.15) is 45.7 Å². The van der Waals surface area contributed by atoms with Gasteiger partial charge in [-0.1, -0.05) is 19.9 Å². The number of hydrogen-bond acceptors (Lipinski definition) is 2. The molecule has 102 valence electrons. The SMILES string of the molecule is CCCN(CC)c1ccc(C(C)NCC)cc1Br. The Kier molecular flexibility index (Phi) is 6.72. The van der Waals surface area contributed by atoms with Gasteiger partial charge in [-0.2, -0.15) is 0 Å². The van der Waals surface area contributed by atoms with Crippen LogP contribution in [0.3, 0.4) is 0 Å². The maximum Gasteiger partial charge on any atom is 0.0510 e. The molecule has 0 aromatic heterocycles. The average molecular weight is 313 g/mol. The summed E-state index contributed by atoms with van der Waals surface area (Å²) in [7, 11) is 0. The Morgan fingerprint density at radius 2 is 2.00 bits per heavy atom. The molecule has 0 saturated heterocycles. The highest BCUT2D eigenvalue weighted by Crippen LogP contribution is 2.29. The Morgan fingerprint density at radius 1 is 1.28 bits per heavy atom. The molecular weight excluding hydrogens is 288 g/mol. The van der Waals surface area contributed by atoms with Crippen LogP contribution < -0.4 is 10.2 Å². The summed E-state index contributed by atoms with van der Waals surface area (Å²) in [5.41, 5.74) is 2.63. The number of nitrogens with zero attached hydrogens (tertiary/aromatic N) is 1. The van der Waals surface area contributed by atoms with E-state index in [1.54, 1.807) is 0 Å². The van der Waals surface area contributed by atoms with Crippen LogP contribution in [0.2, 0.25) is 0 Å². The first kappa shape index (κ1) is 15.5. The van der Waals surface area contributed by atoms with E-state index in [2.05, 4.69) is 72.0 Å². The van der Waals surface area contributed by atoms with Gasteiger partial charge in [-0.25, -0.2) is 0 Å². The van der Waals surface area contributed by atoms with Crippen molar-refractivity contribution in [2.24, 2.45) is 0 Å². The summed E-state index contributed by atoms with van der Waals surface area (Å²) >= 11 is 3.71. The van der Waals surface area contributed by atoms with E-state index in [1.807, 2.05) is 0 Å². The van der Waals surface area contributed by atoms with Crippen LogP contribution in [0.15, 0.2) is 22.7 Å². The topological polar surface area (TPSA) is 15.3 Å². The lowest BCUT2D eigenvalue weighted by Gasteiger charge is -2.25. The van der Waals surface area contributed by atoms with Gasteiger partial charge in [-0.05, 0) is 60.4 Å². The van der Waals surface area contributed by atoms with E-state index >= 15 is 0 Å². The molecule has 0 amide bonds. The summed E-state index contributed by atoms with van der Waals surface area (Å²) in [5.74, 6) is 0. The molecule has 1 unspecified atom stereocenters. The number of nitrogens with one attached hydrogen (secondary N) is 1. The quantitative estimate of drug-likeness (QED) is 0.805. The van der Waals surface area contributed by atoms with Crippen LogP contribution >= 0.6 is 15.9 Å². The Balaban J connectivity index is 2.90. The van der Waals surface area contributed by atoms with Crippen molar-refractivity contribution in [2.75, 3.05) is 24.5 Å². The molecule has 0 aliphatic carbocycles. The van der Waals surface area contributed by atoms with Crippen LogP contribution in [-0.2, 0) is 0 Å². The van der Waals surface area contributed by atoms with E-state index in [9.17, 15) is 0 Å². The predicted molar refractivity (Wildman–Crippen MR) is 84.4 cm³/mol. The normalized spacial score (nSPS) is 12.5. The van der Waals surface area contributed by atoms with Gasteiger partial charge >= 0.3 is 0 Å². The second-order valence-corrected chi connectivity index (χ2v) is 5.42. The zero-order valence-corrected chi connectivity index (χ0v) is 13.5. The molecule has 1 aromatic carbocycles. The molecule has 1 N–H and O–H groups in total. The van der Waals surface area contributed by atoms with E-state index in [-0.39, 0.29) is 0 Å². The minimum atomic E-state index is 0.404. The van der Waals surface area contributed by atoms with E-state index in [1.165, 1.54) is 22.1 Å². The minimum Gasteiger partial charge on any atom is -0.371 e. The lowest BCUT2D eigenvalue weighted by Crippen LogP contribution is -2.24. The van der Waals surface area contributed by atoms with Gasteiger partial charge in [-0.15, -0.1) is 0 Å². The fourth-order valence-electron chi connectivity index (χ4n) is 2.19. The zero-order chi connectivity index (χ0) is 13.5. The number of hydrogen-bond donors (Lipinski definition) is 1. The summed E-state index contributed by atoms with van der Waals surface area (Å²) in [4.78, 5) is 2.41. The fraction of sp³-hybridized carbons (Fsp3) is 0.600. The van der Waals surface area contributed by atoms with Crippen LogP contribution in [0, 0.1) is 0 Å². The molecular formula is C15H25BrN2. The largest absolute Gasteiger partial charge is 0.371 e. The van der Waals surface area contributed by atoms with Crippen LogP contribution in [0.25, 0.3) is 0 Å². The van der Waals surface area contributed by atoms with E-state index < -0.39 is 0 Å². The second-order valence-electron chi connectivity index (χ2n) is 4.57. The van der Waals surface area contributed by atoms with Gasteiger partial charge in [0.1, 0.15) is 0 Å². The van der Waals surface area contributed by atoms with Crippen molar-refractivity contribution in [3.8, 4) is 0 Å². The Morgan fingerprint density at radius 3 is 2.50 bits per heavy atom. The third kappa shape index (κ3) is 3.99. The maximum atomic E-state index is 3.71. The number of halogens is 1. The van der Waals surface area contributed by atoms with E-state index in [0.717, 1.165) is 19.6 Å². The third-order valence-corrected chi connectivity index (χ3v) is 3.83. The molecule has 18 heavy (non-hydrogen) atoms. The van der Waals surface area contributed by atoms with Gasteiger partial charge in [-0.3, -0.25) is 0 Å². The van der Waals surface area contributed by atoms with Gasteiger partial charge in [0, 0.05) is 23.6 Å². The van der Waals surface area contributed by atoms with Gasteiger partial charge < -0.3 is 10.2 Å². The highest BCUT2D eigenvalue weighted by molar-refractivity contribution is 9.10. The van der Waals surface area contributed by atoms with E-state index in [0.29, 0.717) is 6.04 Å². The molecule has 1 aromatic rings. The molecule has 0 bridgehead atoms. The molecule has 3 heteroatoms. The minimum absolute atomic E-state index is 0.404. The first-order valence-corrected chi connectivity index (χ1v) is 7.71. The standard InChI is InChI=1S/C15H25BrN2/c1-5-10-18(7-3)15-9-8-13(11-14(15)16)12(4)17-6-2/h8-9,11-12,17H,5-7,10H2,1-4H3. The van der Waals surface area contributed by atoms with Crippen molar-refractivity contribution >= 4 is 21.6 Å². The molecule has 0 aliphatic heterocycles. The lowest BCUT2D eigenvalue weighted by atomic mass is 10.1. The fourth-order valence-corrected chi connectivity index (χ4v) is 2.84. The Bertz CT molecular complexity index is 366. The number of benzene rings is 1. The summed E-state index contributed by atoms with van der Waals surface area (Å²) < 4.78 is 1.19. The first-order valence-electron chi connectivity index (χ1n) is 6.91. The molecule has 0 aliphatic rings. The average Bonchev–Trinajstić information content (AvgIpc) is 2.36. The monoisotopic (exact) mass is 312 g/mol. The molecule has 0 spiro atoms. The van der Waals surface area contributed by atoms with Crippen LogP contribution in [-0.4, -0.2) is 19.6 Å². The molecule has 1 rings (SSSR count). The lowest BCUT2D eigenvalue weighted by molar-refractivity contribution is 0.598. The molecule has 0 radical (unpaired) electrons. The van der Waals surface area contributed by atoms with Gasteiger partial charge in [0.05, 0.1) is 5.69 Å². The Labute approximate surface area is 120 Å². The highest BCUT2D eigenvalue weighted by atomic mass is 79.9. The van der Waals surface area contributed by atoms with E-state index in [4.69, 9.17) is 0 Å². The third-order valence-electron chi connectivity index (χ3n) is 3.20. The van der Waals surface area contributed by atoms with Gasteiger partial charge in [0.2, 0.25) is 0 Å². The second kappa shape index (κ2) is 7.80. The molecule has 0 heterocycles. The van der Waals surface area contributed by atoms with Crippen molar-refractivity contribution in [3.63, 3.8) is 0 Å². The zero-order valence-electron chi connectivity index (χ0n) is 12.0. The first-order chi connectivity index (χ1) is 8.63. The van der Waals surface area contributed by atoms with Crippen molar-refractivity contribution in [1.82, 2.24) is 5.32 Å². The summed E-state index contributed by atoms with van der Waals surface area (Å²) in [6.07, 6.45) is 1.18. The predicted octanol–water partition coefficient (Wildman–Crippen LogP) is 4.36. The molecule has 1 atom stereocenters. The number of rotatable bonds is 7. The Hall–Kier alpha value is -0.540. The van der Waals surface area contributed by atoms with Crippen LogP contribution in [0.5, 0.6) is 0 Å². The summed E-state index contributed by atoms with van der Waals surface area (Å²) in [5, 5.41) is 3.44.